The first-order valence-electron chi connectivity index (χ1n) is 34.2. The van der Waals surface area contributed by atoms with E-state index in [1.807, 2.05) is 94.9 Å². The zero-order valence-electron chi connectivity index (χ0n) is 54.5. The molecule has 0 atom stereocenters. The number of para-hydroxylation sites is 2. The van der Waals surface area contributed by atoms with Gasteiger partial charge in [-0.1, -0.05) is 264 Å². The zero-order valence-corrected chi connectivity index (χ0v) is 54.5. The number of ether oxygens (including phenoxy) is 2. The first-order chi connectivity index (χ1) is 48.4. The molecule has 4 aliphatic carbocycles. The molecule has 0 bridgehead atoms. The molecule has 8 heteroatoms. The highest BCUT2D eigenvalue weighted by Crippen LogP contribution is 2.48. The van der Waals surface area contributed by atoms with E-state index < -0.39 is 18.2 Å². The van der Waals surface area contributed by atoms with Gasteiger partial charge in [0.15, 0.2) is 0 Å². The fraction of sp³-hybridized carbons (Fsp3) is 0.111. The number of hydrogen-bond donors (Lipinski definition) is 0. The van der Waals surface area contributed by atoms with Gasteiger partial charge in [0.2, 0.25) is 6.29 Å². The summed E-state index contributed by atoms with van der Waals surface area (Å²) in [5, 5.41) is 15.0. The highest BCUT2D eigenvalue weighted by atomic mass is 16.7. The lowest BCUT2D eigenvalue weighted by molar-refractivity contribution is -0.0838. The Morgan fingerprint density at radius 2 is 0.612 bits per heavy atom. The number of fused-ring (bicyclic) bond motifs is 12. The predicted octanol–water partition coefficient (Wildman–Crippen LogP) is 22.4. The summed E-state index contributed by atoms with van der Waals surface area (Å²) in [7, 11) is 0. The Kier molecular flexibility index (Phi) is 16.8. The summed E-state index contributed by atoms with van der Waals surface area (Å²) in [6.45, 7) is 2.22. The molecule has 0 saturated heterocycles. The summed E-state index contributed by atoms with van der Waals surface area (Å²) in [6.07, 6.45) is 11.1. The quantitative estimate of drug-likeness (QED) is 0.0327. The average molecular weight is 1270 g/mol. The third-order valence-electron chi connectivity index (χ3n) is 19.2. The van der Waals surface area contributed by atoms with E-state index in [-0.39, 0.29) is 0 Å². The summed E-state index contributed by atoms with van der Waals surface area (Å²) in [4.78, 5) is 29.4. The van der Waals surface area contributed by atoms with Gasteiger partial charge in [-0.25, -0.2) is 19.6 Å². The van der Waals surface area contributed by atoms with Gasteiger partial charge in [-0.3, -0.25) is 0 Å². The topological polar surface area (TPSA) is 83.8 Å². The number of carbonyl (C=O) groups is 2. The number of unbranched alkanes of at least 4 members (excludes halogenated alkanes) is 6. The lowest BCUT2D eigenvalue weighted by atomic mass is 10.0. The van der Waals surface area contributed by atoms with Crippen molar-refractivity contribution in [3.63, 3.8) is 0 Å². The highest BCUT2D eigenvalue weighted by molar-refractivity contribution is 6.26. The van der Waals surface area contributed by atoms with E-state index in [0.29, 0.717) is 17.5 Å². The molecule has 12 aromatic carbocycles. The molecule has 0 radical (unpaired) electrons. The number of hydrogen-bond acceptors (Lipinski definition) is 8. The normalized spacial score (nSPS) is 13.2. The molecule has 0 N–H and O–H groups in total. The molecule has 0 unspecified atom stereocenters. The molecule has 12 aromatic rings. The van der Waals surface area contributed by atoms with Crippen LogP contribution in [0.1, 0.15) is 135 Å². The van der Waals surface area contributed by atoms with Crippen LogP contribution < -0.4 is 10.0 Å². The predicted molar refractivity (Wildman–Crippen MR) is 400 cm³/mol. The van der Waals surface area contributed by atoms with Gasteiger partial charge >= 0.3 is 11.9 Å². The van der Waals surface area contributed by atoms with Crippen molar-refractivity contribution in [3.05, 3.63) is 358 Å². The molecule has 0 amide bonds. The number of hydrazone groups is 2. The molecule has 16 rings (SSSR count). The number of nitrogens with zero attached hydrogens (tertiary/aromatic N) is 4. The number of esters is 2. The molecule has 0 saturated carbocycles. The van der Waals surface area contributed by atoms with E-state index in [1.54, 1.807) is 12.1 Å². The minimum absolute atomic E-state index is 0.345. The molecule has 0 aliphatic heterocycles. The largest absolute Gasteiger partial charge is 0.422 e. The Morgan fingerprint density at radius 3 is 0.980 bits per heavy atom. The fourth-order valence-electron chi connectivity index (χ4n) is 14.4. The maximum Gasteiger partial charge on any atom is 0.341 e. The fourth-order valence-corrected chi connectivity index (χ4v) is 14.4. The first-order valence-corrected chi connectivity index (χ1v) is 34.2. The van der Waals surface area contributed by atoms with E-state index >= 15 is 0 Å². The average Bonchev–Trinajstić information content (AvgIpc) is 1.62. The minimum Gasteiger partial charge on any atom is -0.422 e. The summed E-state index contributed by atoms with van der Waals surface area (Å²) in [5.74, 6) is -1.16. The lowest BCUT2D eigenvalue weighted by Crippen LogP contribution is -2.25. The lowest BCUT2D eigenvalue weighted by Gasteiger charge is -2.21. The van der Waals surface area contributed by atoms with Crippen molar-refractivity contribution in [2.24, 2.45) is 10.2 Å². The molecule has 8 nitrogen and oxygen atoms in total. The summed E-state index contributed by atoms with van der Waals surface area (Å²) >= 11 is 0. The summed E-state index contributed by atoms with van der Waals surface area (Å²) in [6, 6.07) is 99.6. The standard InChI is InChI=1S/C90H70N4O4/c1-2-3-4-5-6-7-14-43-86(97-89(95)62-48-54-80-84(58-62)76-39-23-25-41-78(76)87(80)91-93(64-27-10-8-11-28-64)66-50-44-60(45-51-66)56-82-72-35-19-15-31-68(72)69-32-16-20-36-73(69)82)98-90(96)63-49-55-81-85(59-63)77-40-24-26-42-79(77)88(81)92-94(65-29-12-9-13-30-65)67-52-46-61(47-53-67)57-83-74-37-21-17-33-70(74)71-34-18-22-38-75(71)83/h8-13,15-42,44-59,86H,2-7,14,43H2,1H3/b91-87+,92-88+. The van der Waals surface area contributed by atoms with Crippen molar-refractivity contribution in [2.75, 3.05) is 10.0 Å². The third-order valence-corrected chi connectivity index (χ3v) is 19.2. The zero-order chi connectivity index (χ0) is 65.9. The number of benzene rings is 12. The smallest absolute Gasteiger partial charge is 0.341 e. The van der Waals surface area contributed by atoms with Crippen LogP contribution in [0.3, 0.4) is 0 Å². The van der Waals surface area contributed by atoms with Gasteiger partial charge in [0.25, 0.3) is 0 Å². The second-order valence-electron chi connectivity index (χ2n) is 25.4. The Hall–Kier alpha value is -12.0. The number of anilines is 4. The van der Waals surface area contributed by atoms with Crippen LogP contribution in [0.15, 0.2) is 301 Å². The molecule has 0 aromatic heterocycles. The van der Waals surface area contributed by atoms with Crippen LogP contribution in [0, 0.1) is 0 Å². The van der Waals surface area contributed by atoms with E-state index in [0.717, 1.165) is 122 Å². The van der Waals surface area contributed by atoms with E-state index in [9.17, 15) is 9.59 Å². The maximum absolute atomic E-state index is 14.7. The molecule has 0 fully saturated rings. The molecule has 0 heterocycles. The third kappa shape index (κ3) is 11.8. The van der Waals surface area contributed by atoms with Crippen LogP contribution in [-0.4, -0.2) is 29.7 Å². The van der Waals surface area contributed by atoms with Gasteiger partial charge in [-0.2, -0.15) is 10.2 Å². The number of carbonyl (C=O) groups excluding carboxylic acids is 2. The van der Waals surface area contributed by atoms with Gasteiger partial charge < -0.3 is 9.47 Å². The van der Waals surface area contributed by atoms with Crippen molar-refractivity contribution in [1.82, 2.24) is 0 Å². The molecule has 4 aliphatic rings. The highest BCUT2D eigenvalue weighted by Gasteiger charge is 2.32. The SMILES string of the molecule is CCCCCCCCCC(OC(=O)c1ccc2c(c1)-c1ccccc1/C2=N\N(c1ccccc1)c1ccc(C=C2c3ccccc3-c3ccccc32)cc1)OC(=O)c1ccc2c(c1)-c1ccccc1/C2=N\N(c1ccccc1)c1ccc(C=C2c3ccccc3-c3ccccc32)cc1. The molecule has 98 heavy (non-hydrogen) atoms. The Bertz CT molecular complexity index is 4750. The monoisotopic (exact) mass is 1270 g/mol. The Morgan fingerprint density at radius 1 is 0.316 bits per heavy atom. The molecule has 474 valence electrons. The van der Waals surface area contributed by atoms with E-state index in [2.05, 4.69) is 213 Å². The van der Waals surface area contributed by atoms with Crippen LogP contribution in [0.5, 0.6) is 0 Å². The molecule has 0 spiro atoms. The molecular formula is C90H70N4O4. The van der Waals surface area contributed by atoms with Gasteiger partial charge in [-0.05, 0) is 180 Å². The van der Waals surface area contributed by atoms with Crippen LogP contribution in [0.2, 0.25) is 0 Å². The second-order valence-corrected chi connectivity index (χ2v) is 25.4. The van der Waals surface area contributed by atoms with Crippen LogP contribution >= 0.6 is 0 Å². The Balaban J connectivity index is 0.670. The maximum atomic E-state index is 14.7. The van der Waals surface area contributed by atoms with Gasteiger partial charge in [0, 0.05) is 28.7 Å². The minimum atomic E-state index is -1.14. The second kappa shape index (κ2) is 27.0. The van der Waals surface area contributed by atoms with Crippen LogP contribution in [0.4, 0.5) is 22.7 Å². The summed E-state index contributed by atoms with van der Waals surface area (Å²) in [5.41, 5.74) is 27.6. The van der Waals surface area contributed by atoms with E-state index in [4.69, 9.17) is 19.7 Å². The first kappa shape index (κ1) is 60.9. The Labute approximate surface area is 572 Å². The molecular weight excluding hydrogens is 1200 g/mol. The van der Waals surface area contributed by atoms with Crippen molar-refractivity contribution in [1.29, 1.82) is 0 Å². The van der Waals surface area contributed by atoms with Crippen molar-refractivity contribution >= 4 is 69.4 Å². The van der Waals surface area contributed by atoms with Gasteiger partial charge in [0.1, 0.15) is 0 Å². The van der Waals surface area contributed by atoms with Crippen molar-refractivity contribution in [3.8, 4) is 44.5 Å². The van der Waals surface area contributed by atoms with Gasteiger partial charge in [0.05, 0.1) is 45.3 Å². The van der Waals surface area contributed by atoms with Crippen molar-refractivity contribution in [2.45, 2.75) is 64.6 Å². The van der Waals surface area contributed by atoms with E-state index in [1.165, 1.54) is 68.5 Å². The number of rotatable bonds is 20. The van der Waals surface area contributed by atoms with Crippen LogP contribution in [0.25, 0.3) is 67.8 Å². The van der Waals surface area contributed by atoms with Gasteiger partial charge in [-0.15, -0.1) is 0 Å². The van der Waals surface area contributed by atoms with Crippen LogP contribution in [-0.2, 0) is 9.47 Å². The van der Waals surface area contributed by atoms with Crippen molar-refractivity contribution < 1.29 is 19.1 Å². The summed E-state index contributed by atoms with van der Waals surface area (Å²) < 4.78 is 12.6.